The van der Waals surface area contributed by atoms with Crippen LogP contribution in [0.2, 0.25) is 0 Å². The normalized spacial score (nSPS) is 26.3. The molecule has 3 unspecified atom stereocenters. The lowest BCUT2D eigenvalue weighted by molar-refractivity contribution is 0.182. The summed E-state index contributed by atoms with van der Waals surface area (Å²) in [6.45, 7) is 2.22. The standard InChI is InChI=1S/C13H18OS/c1-2-3-9-11-13(15-11)12(14)10-7-5-4-6-8-10/h4-8,11-14H,2-3,9H2,1H3. The largest absolute Gasteiger partial charge is 0.387 e. The maximum Gasteiger partial charge on any atom is 0.0919 e. The van der Waals surface area contributed by atoms with E-state index in [2.05, 4.69) is 6.92 Å². The van der Waals surface area contributed by atoms with E-state index >= 15 is 0 Å². The molecular weight excluding hydrogens is 204 g/mol. The van der Waals surface area contributed by atoms with Crippen LogP contribution < -0.4 is 0 Å². The number of aliphatic hydroxyl groups is 1. The maximum atomic E-state index is 10.1. The van der Waals surface area contributed by atoms with E-state index in [0.29, 0.717) is 10.5 Å². The molecule has 0 aromatic heterocycles. The van der Waals surface area contributed by atoms with Crippen LogP contribution in [-0.2, 0) is 0 Å². The number of hydrogen-bond donors (Lipinski definition) is 1. The molecule has 1 heterocycles. The highest BCUT2D eigenvalue weighted by Gasteiger charge is 2.43. The summed E-state index contributed by atoms with van der Waals surface area (Å²) in [7, 11) is 0. The van der Waals surface area contributed by atoms with Gasteiger partial charge in [-0.25, -0.2) is 0 Å². The van der Waals surface area contributed by atoms with Crippen molar-refractivity contribution in [3.8, 4) is 0 Å². The van der Waals surface area contributed by atoms with E-state index < -0.39 is 0 Å². The Hall–Kier alpha value is -0.470. The first kappa shape index (κ1) is 11.0. The van der Waals surface area contributed by atoms with Crippen LogP contribution in [0.15, 0.2) is 30.3 Å². The topological polar surface area (TPSA) is 20.2 Å². The molecule has 0 amide bonds. The number of aliphatic hydroxyl groups excluding tert-OH is 1. The minimum atomic E-state index is -0.266. The van der Waals surface area contributed by atoms with E-state index in [0.717, 1.165) is 5.56 Å². The third kappa shape index (κ3) is 2.76. The number of rotatable bonds is 5. The fraction of sp³-hybridized carbons (Fsp3) is 0.538. The summed E-state index contributed by atoms with van der Waals surface area (Å²) in [5.41, 5.74) is 1.06. The van der Waals surface area contributed by atoms with Gasteiger partial charge in [0.25, 0.3) is 0 Å². The van der Waals surface area contributed by atoms with Crippen LogP contribution in [0.1, 0.15) is 37.9 Å². The number of unbranched alkanes of at least 4 members (excludes halogenated alkanes) is 1. The SMILES string of the molecule is CCCCC1SC1C(O)c1ccccc1. The summed E-state index contributed by atoms with van der Waals surface area (Å²) in [5.74, 6) is 0. The second kappa shape index (κ2) is 5.04. The highest BCUT2D eigenvalue weighted by Crippen LogP contribution is 2.51. The lowest BCUT2D eigenvalue weighted by Gasteiger charge is -2.08. The highest BCUT2D eigenvalue weighted by atomic mass is 32.2. The van der Waals surface area contributed by atoms with E-state index in [9.17, 15) is 5.11 Å². The van der Waals surface area contributed by atoms with Gasteiger partial charge in [-0.15, -0.1) is 11.8 Å². The van der Waals surface area contributed by atoms with E-state index in [-0.39, 0.29) is 6.10 Å². The Morgan fingerprint density at radius 1 is 1.33 bits per heavy atom. The Kier molecular flexibility index (Phi) is 3.71. The molecule has 0 radical (unpaired) electrons. The van der Waals surface area contributed by atoms with Crippen LogP contribution in [0.5, 0.6) is 0 Å². The van der Waals surface area contributed by atoms with E-state index in [1.165, 1.54) is 19.3 Å². The van der Waals surface area contributed by atoms with Gasteiger partial charge >= 0.3 is 0 Å². The summed E-state index contributed by atoms with van der Waals surface area (Å²) in [4.78, 5) is 0. The van der Waals surface area contributed by atoms with Crippen LogP contribution in [-0.4, -0.2) is 15.6 Å². The highest BCUT2D eigenvalue weighted by molar-refractivity contribution is 8.07. The molecule has 0 aliphatic carbocycles. The monoisotopic (exact) mass is 222 g/mol. The zero-order valence-electron chi connectivity index (χ0n) is 9.10. The third-order valence-corrected chi connectivity index (χ3v) is 4.38. The maximum absolute atomic E-state index is 10.1. The quantitative estimate of drug-likeness (QED) is 0.771. The fourth-order valence-corrected chi connectivity index (χ4v) is 3.12. The minimum absolute atomic E-state index is 0.266. The summed E-state index contributed by atoms with van der Waals surface area (Å²) in [6.07, 6.45) is 3.54. The smallest absolute Gasteiger partial charge is 0.0919 e. The molecule has 2 rings (SSSR count). The number of benzene rings is 1. The molecule has 1 aromatic rings. The lowest BCUT2D eigenvalue weighted by atomic mass is 10.0. The molecule has 0 bridgehead atoms. The molecule has 2 heteroatoms. The van der Waals surface area contributed by atoms with Crippen molar-refractivity contribution in [2.75, 3.05) is 0 Å². The first-order valence-electron chi connectivity index (χ1n) is 5.71. The first-order chi connectivity index (χ1) is 7.33. The molecule has 3 atom stereocenters. The first-order valence-corrected chi connectivity index (χ1v) is 6.65. The average molecular weight is 222 g/mol. The van der Waals surface area contributed by atoms with E-state index in [1.54, 1.807) is 0 Å². The molecule has 1 N–H and O–H groups in total. The molecule has 82 valence electrons. The van der Waals surface area contributed by atoms with Crippen molar-refractivity contribution in [2.45, 2.75) is 42.8 Å². The van der Waals surface area contributed by atoms with Crippen LogP contribution in [0.25, 0.3) is 0 Å². The second-order valence-electron chi connectivity index (χ2n) is 4.14. The average Bonchev–Trinajstić information content (AvgIpc) is 3.06. The predicted octanol–water partition coefficient (Wildman–Crippen LogP) is 3.39. The van der Waals surface area contributed by atoms with Gasteiger partial charge in [0, 0.05) is 10.5 Å². The molecule has 15 heavy (non-hydrogen) atoms. The fourth-order valence-electron chi connectivity index (χ4n) is 1.91. The van der Waals surface area contributed by atoms with Gasteiger partial charge in [-0.1, -0.05) is 50.1 Å². The van der Waals surface area contributed by atoms with Gasteiger partial charge in [-0.05, 0) is 12.0 Å². The summed E-state index contributed by atoms with van der Waals surface area (Å²) < 4.78 is 0. The van der Waals surface area contributed by atoms with E-state index in [1.807, 2.05) is 42.1 Å². The minimum Gasteiger partial charge on any atom is -0.387 e. The summed E-state index contributed by atoms with van der Waals surface area (Å²) in [6, 6.07) is 10.0. The zero-order chi connectivity index (χ0) is 10.7. The van der Waals surface area contributed by atoms with Gasteiger partial charge in [0.2, 0.25) is 0 Å². The van der Waals surface area contributed by atoms with Crippen molar-refractivity contribution in [2.24, 2.45) is 0 Å². The predicted molar refractivity (Wildman–Crippen MR) is 66.1 cm³/mol. The Morgan fingerprint density at radius 3 is 2.73 bits per heavy atom. The molecule has 1 saturated heterocycles. The lowest BCUT2D eigenvalue weighted by Crippen LogP contribution is -2.07. The van der Waals surface area contributed by atoms with Gasteiger partial charge in [-0.2, -0.15) is 0 Å². The molecule has 1 fully saturated rings. The van der Waals surface area contributed by atoms with Crippen molar-refractivity contribution in [3.63, 3.8) is 0 Å². The van der Waals surface area contributed by atoms with Crippen LogP contribution >= 0.6 is 11.8 Å². The molecular formula is C13H18OS. The molecule has 1 aromatic carbocycles. The second-order valence-corrected chi connectivity index (χ2v) is 5.56. The Labute approximate surface area is 95.9 Å². The van der Waals surface area contributed by atoms with Gasteiger partial charge in [0.05, 0.1) is 6.10 Å². The molecule has 0 saturated carbocycles. The van der Waals surface area contributed by atoms with Crippen molar-refractivity contribution in [1.82, 2.24) is 0 Å². The summed E-state index contributed by atoms with van der Waals surface area (Å²) in [5, 5.41) is 11.2. The van der Waals surface area contributed by atoms with Gasteiger partial charge in [0.15, 0.2) is 0 Å². The number of thioether (sulfide) groups is 1. The van der Waals surface area contributed by atoms with Crippen molar-refractivity contribution in [3.05, 3.63) is 35.9 Å². The van der Waals surface area contributed by atoms with Crippen LogP contribution in [0.4, 0.5) is 0 Å². The Balaban J connectivity index is 1.86. The van der Waals surface area contributed by atoms with Gasteiger partial charge < -0.3 is 5.11 Å². The van der Waals surface area contributed by atoms with E-state index in [4.69, 9.17) is 0 Å². The van der Waals surface area contributed by atoms with Crippen molar-refractivity contribution >= 4 is 11.8 Å². The third-order valence-electron chi connectivity index (χ3n) is 2.92. The zero-order valence-corrected chi connectivity index (χ0v) is 9.91. The molecule has 1 aliphatic rings. The van der Waals surface area contributed by atoms with Crippen LogP contribution in [0, 0.1) is 0 Å². The van der Waals surface area contributed by atoms with Crippen molar-refractivity contribution < 1.29 is 5.11 Å². The Bertz CT molecular complexity index is 299. The summed E-state index contributed by atoms with van der Waals surface area (Å²) >= 11 is 1.93. The molecule has 0 spiro atoms. The van der Waals surface area contributed by atoms with Crippen molar-refractivity contribution in [1.29, 1.82) is 0 Å². The molecule has 1 nitrogen and oxygen atoms in total. The van der Waals surface area contributed by atoms with Crippen LogP contribution in [0.3, 0.4) is 0 Å². The Morgan fingerprint density at radius 2 is 2.07 bits per heavy atom. The van der Waals surface area contributed by atoms with Gasteiger partial charge in [-0.3, -0.25) is 0 Å². The molecule has 1 aliphatic heterocycles. The van der Waals surface area contributed by atoms with Gasteiger partial charge in [0.1, 0.15) is 0 Å². The number of hydrogen-bond acceptors (Lipinski definition) is 2.